The van der Waals surface area contributed by atoms with Gasteiger partial charge in [-0.1, -0.05) is 0 Å². The second kappa shape index (κ2) is 5.42. The van der Waals surface area contributed by atoms with Crippen LogP contribution in [0.1, 0.15) is 25.0 Å². The van der Waals surface area contributed by atoms with E-state index in [9.17, 15) is 8.42 Å². The third-order valence-corrected chi connectivity index (χ3v) is 6.03. The second-order valence-corrected chi connectivity index (χ2v) is 7.60. The summed E-state index contributed by atoms with van der Waals surface area (Å²) >= 11 is 3.07. The van der Waals surface area contributed by atoms with Crippen molar-refractivity contribution in [2.24, 2.45) is 5.92 Å². The van der Waals surface area contributed by atoms with Gasteiger partial charge in [-0.25, -0.2) is 13.1 Å². The number of aliphatic hydroxyl groups excluding tert-OH is 1. The number of halogens is 1. The summed E-state index contributed by atoms with van der Waals surface area (Å²) in [6, 6.07) is 1.14. The molecule has 3 rings (SSSR count). The molecule has 0 radical (unpaired) electrons. The normalized spacial score (nSPS) is 27.1. The van der Waals surface area contributed by atoms with Crippen LogP contribution < -0.4 is 4.72 Å². The van der Waals surface area contributed by atoms with Crippen LogP contribution in [0.25, 0.3) is 0 Å². The molecule has 0 aromatic carbocycles. The van der Waals surface area contributed by atoms with Crippen LogP contribution in [0.4, 0.5) is 0 Å². The zero-order chi connectivity index (χ0) is 14.3. The molecule has 0 spiro atoms. The van der Waals surface area contributed by atoms with Crippen LogP contribution in [0.2, 0.25) is 0 Å². The molecule has 6 nitrogen and oxygen atoms in total. The molecule has 20 heavy (non-hydrogen) atoms. The van der Waals surface area contributed by atoms with Crippen molar-refractivity contribution in [1.82, 2.24) is 4.72 Å². The fourth-order valence-electron chi connectivity index (χ4n) is 2.55. The number of aliphatic hydroxyl groups is 1. The molecule has 2 fully saturated rings. The number of furan rings is 1. The molecule has 8 heteroatoms. The van der Waals surface area contributed by atoms with Crippen LogP contribution in [0.5, 0.6) is 0 Å². The third-order valence-electron chi connectivity index (χ3n) is 3.68. The maximum atomic E-state index is 12.4. The van der Waals surface area contributed by atoms with Gasteiger partial charge in [0.25, 0.3) is 0 Å². The zero-order valence-electron chi connectivity index (χ0n) is 10.7. The summed E-state index contributed by atoms with van der Waals surface area (Å²) < 4.78 is 38.3. The van der Waals surface area contributed by atoms with Crippen LogP contribution in [-0.4, -0.2) is 32.3 Å². The van der Waals surface area contributed by atoms with Crippen molar-refractivity contribution < 1.29 is 22.7 Å². The summed E-state index contributed by atoms with van der Waals surface area (Å²) in [5, 5.41) is 9.00. The van der Waals surface area contributed by atoms with Gasteiger partial charge in [0.15, 0.2) is 4.67 Å². The predicted molar refractivity (Wildman–Crippen MR) is 73.5 cm³/mol. The van der Waals surface area contributed by atoms with Crippen molar-refractivity contribution in [3.8, 4) is 0 Å². The van der Waals surface area contributed by atoms with Gasteiger partial charge < -0.3 is 14.3 Å². The van der Waals surface area contributed by atoms with Crippen molar-refractivity contribution in [2.75, 3.05) is 6.61 Å². The van der Waals surface area contributed by atoms with E-state index < -0.39 is 10.0 Å². The fraction of sp³-hybridized carbons (Fsp3) is 0.667. The minimum Gasteiger partial charge on any atom is -0.450 e. The van der Waals surface area contributed by atoms with E-state index in [0.29, 0.717) is 18.9 Å². The molecule has 1 aromatic heterocycles. The number of sulfonamides is 1. The van der Waals surface area contributed by atoms with E-state index >= 15 is 0 Å². The summed E-state index contributed by atoms with van der Waals surface area (Å²) in [6.45, 7) is 0.244. The molecule has 0 amide bonds. The fourth-order valence-corrected chi connectivity index (χ4v) is 4.83. The van der Waals surface area contributed by atoms with Crippen LogP contribution in [0.3, 0.4) is 0 Å². The molecule has 2 atom stereocenters. The summed E-state index contributed by atoms with van der Waals surface area (Å²) in [5.41, 5.74) is 0. The molecular formula is C12H16BrNO5S. The SMILES string of the molecule is O=S(=O)(NC1CCOC1C1CC1)c1cc(CO)oc1Br. The van der Waals surface area contributed by atoms with E-state index in [-0.39, 0.29) is 34.1 Å². The van der Waals surface area contributed by atoms with Crippen LogP contribution in [-0.2, 0) is 21.4 Å². The lowest BCUT2D eigenvalue weighted by molar-refractivity contribution is 0.0848. The predicted octanol–water partition coefficient (Wildman–Crippen LogP) is 1.38. The molecule has 112 valence electrons. The van der Waals surface area contributed by atoms with Crippen molar-refractivity contribution in [3.63, 3.8) is 0 Å². The van der Waals surface area contributed by atoms with Crippen LogP contribution in [0.15, 0.2) is 20.0 Å². The Bertz CT molecular complexity index is 595. The highest BCUT2D eigenvalue weighted by Gasteiger charge is 2.42. The maximum Gasteiger partial charge on any atom is 0.245 e. The van der Waals surface area contributed by atoms with Crippen molar-refractivity contribution in [1.29, 1.82) is 0 Å². The first-order valence-electron chi connectivity index (χ1n) is 6.54. The van der Waals surface area contributed by atoms with Gasteiger partial charge >= 0.3 is 0 Å². The lowest BCUT2D eigenvalue weighted by Gasteiger charge is -2.19. The lowest BCUT2D eigenvalue weighted by atomic mass is 10.1. The van der Waals surface area contributed by atoms with Gasteiger partial charge in [-0.3, -0.25) is 0 Å². The standard InChI is InChI=1S/C12H16BrNO5S/c13-12-10(5-8(6-15)19-12)20(16,17)14-9-3-4-18-11(9)7-1-2-7/h5,7,9,11,14-15H,1-4,6H2. The quantitative estimate of drug-likeness (QED) is 0.822. The number of hydrogen-bond donors (Lipinski definition) is 2. The van der Waals surface area contributed by atoms with E-state index in [0.717, 1.165) is 12.8 Å². The smallest absolute Gasteiger partial charge is 0.245 e. The largest absolute Gasteiger partial charge is 0.450 e. The molecule has 1 aliphatic carbocycles. The van der Waals surface area contributed by atoms with E-state index in [2.05, 4.69) is 20.7 Å². The summed E-state index contributed by atoms with van der Waals surface area (Å²) in [5.74, 6) is 0.685. The summed E-state index contributed by atoms with van der Waals surface area (Å²) in [7, 11) is -3.68. The average molecular weight is 366 g/mol. The highest BCUT2D eigenvalue weighted by molar-refractivity contribution is 9.10. The molecule has 0 bridgehead atoms. The number of ether oxygens (including phenoxy) is 1. The van der Waals surface area contributed by atoms with Gasteiger partial charge in [-0.15, -0.1) is 0 Å². The zero-order valence-corrected chi connectivity index (χ0v) is 13.1. The first-order chi connectivity index (χ1) is 9.51. The lowest BCUT2D eigenvalue weighted by Crippen LogP contribution is -2.41. The van der Waals surface area contributed by atoms with Gasteiger partial charge in [0.1, 0.15) is 17.3 Å². The summed E-state index contributed by atoms with van der Waals surface area (Å²) in [4.78, 5) is 0.0167. The Hall–Kier alpha value is -0.410. The molecule has 1 aliphatic heterocycles. The first-order valence-corrected chi connectivity index (χ1v) is 8.82. The van der Waals surface area contributed by atoms with Crippen molar-refractivity contribution in [2.45, 2.75) is 42.9 Å². The topological polar surface area (TPSA) is 88.8 Å². The Labute approximate surface area is 125 Å². The van der Waals surface area contributed by atoms with Crippen molar-refractivity contribution >= 4 is 26.0 Å². The molecule has 2 aliphatic rings. The van der Waals surface area contributed by atoms with Crippen LogP contribution >= 0.6 is 15.9 Å². The van der Waals surface area contributed by atoms with Crippen molar-refractivity contribution in [3.05, 3.63) is 16.5 Å². The Morgan fingerprint density at radius 2 is 2.15 bits per heavy atom. The molecule has 1 aromatic rings. The summed E-state index contributed by atoms with van der Waals surface area (Å²) in [6.07, 6.45) is 2.87. The van der Waals surface area contributed by atoms with E-state index in [1.807, 2.05) is 0 Å². The maximum absolute atomic E-state index is 12.4. The van der Waals surface area contributed by atoms with E-state index in [1.165, 1.54) is 6.07 Å². The van der Waals surface area contributed by atoms with Gasteiger partial charge in [-0.2, -0.15) is 0 Å². The first kappa shape index (κ1) is 14.5. The molecular weight excluding hydrogens is 350 g/mol. The molecule has 2 heterocycles. The third kappa shape index (κ3) is 2.80. The Morgan fingerprint density at radius 3 is 2.75 bits per heavy atom. The highest BCUT2D eigenvalue weighted by Crippen LogP contribution is 2.39. The van der Waals surface area contributed by atoms with E-state index in [4.69, 9.17) is 14.3 Å². The molecule has 1 saturated heterocycles. The van der Waals surface area contributed by atoms with Crippen LogP contribution in [0, 0.1) is 5.92 Å². The van der Waals surface area contributed by atoms with Gasteiger partial charge in [0.2, 0.25) is 10.0 Å². The van der Waals surface area contributed by atoms with Gasteiger partial charge in [0, 0.05) is 12.7 Å². The minimum absolute atomic E-state index is 0.0167. The Kier molecular flexibility index (Phi) is 3.93. The second-order valence-electron chi connectivity index (χ2n) is 5.20. The number of nitrogens with one attached hydrogen (secondary N) is 1. The van der Waals surface area contributed by atoms with Gasteiger partial charge in [-0.05, 0) is 41.1 Å². The minimum atomic E-state index is -3.68. The van der Waals surface area contributed by atoms with Gasteiger partial charge in [0.05, 0.1) is 12.1 Å². The molecule has 2 N–H and O–H groups in total. The Balaban J connectivity index is 1.79. The highest BCUT2D eigenvalue weighted by atomic mass is 79.9. The average Bonchev–Trinajstić information content (AvgIpc) is 3.01. The molecule has 2 unspecified atom stereocenters. The van der Waals surface area contributed by atoms with E-state index in [1.54, 1.807) is 0 Å². The molecule has 1 saturated carbocycles. The number of hydrogen-bond acceptors (Lipinski definition) is 5. The monoisotopic (exact) mass is 365 g/mol. The number of rotatable bonds is 5. The Morgan fingerprint density at radius 1 is 1.40 bits per heavy atom.